The third-order valence-electron chi connectivity index (χ3n) is 3.75. The Hall–Kier alpha value is -1.68. The first-order valence-electron chi connectivity index (χ1n) is 6.90. The number of nitrogens with one attached hydrogen (secondary N) is 1. The van der Waals surface area contributed by atoms with Crippen molar-refractivity contribution in [2.75, 3.05) is 0 Å². The van der Waals surface area contributed by atoms with Crippen LogP contribution in [0.25, 0.3) is 0 Å². The van der Waals surface area contributed by atoms with Crippen molar-refractivity contribution in [3.63, 3.8) is 0 Å². The first kappa shape index (κ1) is 12.4. The number of hydrogen-bond acceptors (Lipinski definition) is 3. The molecule has 1 aromatic carbocycles. The van der Waals surface area contributed by atoms with E-state index in [1.165, 1.54) is 24.0 Å². The average molecular weight is 256 g/mol. The fourth-order valence-electron chi connectivity index (χ4n) is 2.42. The Morgan fingerprint density at radius 3 is 2.95 bits per heavy atom. The Balaban J connectivity index is 1.62. The Labute approximate surface area is 113 Å². The molecule has 1 atom stereocenters. The highest BCUT2D eigenvalue weighted by Crippen LogP contribution is 2.40. The highest BCUT2D eigenvalue weighted by molar-refractivity contribution is 5.29. The van der Waals surface area contributed by atoms with Crippen LogP contribution in [-0.2, 0) is 13.6 Å². The van der Waals surface area contributed by atoms with E-state index >= 15 is 0 Å². The summed E-state index contributed by atoms with van der Waals surface area (Å²) in [7, 11) is 1.97. The van der Waals surface area contributed by atoms with Crippen LogP contribution in [-0.4, -0.2) is 14.8 Å². The summed E-state index contributed by atoms with van der Waals surface area (Å²) in [6.45, 7) is 2.99. The van der Waals surface area contributed by atoms with Crippen molar-refractivity contribution < 1.29 is 0 Å². The lowest BCUT2D eigenvalue weighted by atomic mass is 10.1. The third kappa shape index (κ3) is 2.84. The summed E-state index contributed by atoms with van der Waals surface area (Å²) in [5.74, 6) is 1.79. The molecule has 1 aliphatic carbocycles. The third-order valence-corrected chi connectivity index (χ3v) is 3.75. The minimum atomic E-state index is 0.206. The van der Waals surface area contributed by atoms with Gasteiger partial charge in [-0.15, -0.1) is 10.2 Å². The second-order valence-electron chi connectivity index (χ2n) is 5.42. The van der Waals surface area contributed by atoms with Crippen LogP contribution >= 0.6 is 0 Å². The van der Waals surface area contributed by atoms with Gasteiger partial charge >= 0.3 is 0 Å². The van der Waals surface area contributed by atoms with E-state index in [-0.39, 0.29) is 6.04 Å². The van der Waals surface area contributed by atoms with Crippen molar-refractivity contribution in [3.05, 3.63) is 47.5 Å². The lowest BCUT2D eigenvalue weighted by Gasteiger charge is -2.13. The molecule has 2 aromatic rings. The van der Waals surface area contributed by atoms with Gasteiger partial charge in [0.2, 0.25) is 0 Å². The fraction of sp³-hybridized carbons (Fsp3) is 0.467. The van der Waals surface area contributed by atoms with Gasteiger partial charge in [-0.3, -0.25) is 0 Å². The van der Waals surface area contributed by atoms with Crippen LogP contribution in [0, 0.1) is 0 Å². The summed E-state index contributed by atoms with van der Waals surface area (Å²) < 4.78 is 1.96. The number of rotatable bonds is 5. The van der Waals surface area contributed by atoms with Gasteiger partial charge in [0, 0.05) is 13.6 Å². The van der Waals surface area contributed by atoms with Gasteiger partial charge in [-0.1, -0.05) is 24.3 Å². The molecular weight excluding hydrogens is 236 g/mol. The van der Waals surface area contributed by atoms with Crippen molar-refractivity contribution in [2.45, 2.75) is 38.3 Å². The van der Waals surface area contributed by atoms with Crippen LogP contribution in [0.1, 0.15) is 48.7 Å². The first-order chi connectivity index (χ1) is 9.24. The van der Waals surface area contributed by atoms with E-state index in [0.717, 1.165) is 18.3 Å². The number of aryl methyl sites for hydroxylation is 1. The minimum absolute atomic E-state index is 0.206. The molecule has 1 N–H and O–H groups in total. The molecule has 19 heavy (non-hydrogen) atoms. The molecule has 1 saturated carbocycles. The lowest BCUT2D eigenvalue weighted by Crippen LogP contribution is -2.21. The molecule has 4 nitrogen and oxygen atoms in total. The van der Waals surface area contributed by atoms with Crippen molar-refractivity contribution in [1.29, 1.82) is 0 Å². The van der Waals surface area contributed by atoms with Gasteiger partial charge in [0.25, 0.3) is 0 Å². The van der Waals surface area contributed by atoms with Crippen LogP contribution in [0.3, 0.4) is 0 Å². The lowest BCUT2D eigenvalue weighted by molar-refractivity contribution is 0.528. The standard InChI is InChI=1S/C15H20N4/c1-11(15-18-17-10-19(15)2)16-9-12-4-3-5-14(8-12)13-6-7-13/h3-5,8,10-11,13,16H,6-7,9H2,1-2H3. The molecule has 0 spiro atoms. The minimum Gasteiger partial charge on any atom is -0.319 e. The topological polar surface area (TPSA) is 42.7 Å². The summed E-state index contributed by atoms with van der Waals surface area (Å²) in [6.07, 6.45) is 4.44. The molecule has 0 aliphatic heterocycles. The fourth-order valence-corrected chi connectivity index (χ4v) is 2.42. The van der Waals surface area contributed by atoms with Gasteiger partial charge in [0.1, 0.15) is 12.2 Å². The number of aromatic nitrogens is 3. The zero-order chi connectivity index (χ0) is 13.2. The molecule has 3 rings (SSSR count). The molecule has 0 radical (unpaired) electrons. The Morgan fingerprint density at radius 1 is 1.42 bits per heavy atom. The van der Waals surface area contributed by atoms with Gasteiger partial charge in [-0.05, 0) is 36.8 Å². The predicted molar refractivity (Wildman–Crippen MR) is 74.7 cm³/mol. The summed E-state index contributed by atoms with van der Waals surface area (Å²) in [6, 6.07) is 9.12. The van der Waals surface area contributed by atoms with Gasteiger partial charge in [0.15, 0.2) is 0 Å². The number of benzene rings is 1. The van der Waals surface area contributed by atoms with E-state index < -0.39 is 0 Å². The largest absolute Gasteiger partial charge is 0.319 e. The summed E-state index contributed by atoms with van der Waals surface area (Å²) >= 11 is 0. The maximum absolute atomic E-state index is 4.13. The monoisotopic (exact) mass is 256 g/mol. The van der Waals surface area contributed by atoms with E-state index in [9.17, 15) is 0 Å². The zero-order valence-corrected chi connectivity index (χ0v) is 11.5. The summed E-state index contributed by atoms with van der Waals surface area (Å²) in [5.41, 5.74) is 2.84. The van der Waals surface area contributed by atoms with Crippen molar-refractivity contribution >= 4 is 0 Å². The average Bonchev–Trinajstić information content (AvgIpc) is 3.19. The Kier molecular flexibility index (Phi) is 3.34. The second kappa shape index (κ2) is 5.13. The van der Waals surface area contributed by atoms with Crippen LogP contribution in [0.2, 0.25) is 0 Å². The molecule has 1 aliphatic rings. The molecule has 4 heteroatoms. The molecule has 1 aromatic heterocycles. The molecule has 0 amide bonds. The van der Waals surface area contributed by atoms with Crippen LogP contribution < -0.4 is 5.32 Å². The molecule has 1 unspecified atom stereocenters. The van der Waals surface area contributed by atoms with E-state index in [1.807, 2.05) is 11.6 Å². The van der Waals surface area contributed by atoms with E-state index in [0.29, 0.717) is 0 Å². The maximum Gasteiger partial charge on any atom is 0.149 e. The van der Waals surface area contributed by atoms with E-state index in [4.69, 9.17) is 0 Å². The Bertz CT molecular complexity index is 557. The normalized spacial score (nSPS) is 16.5. The first-order valence-corrected chi connectivity index (χ1v) is 6.90. The SMILES string of the molecule is CC(NCc1cccc(C2CC2)c1)c1nncn1C. The predicted octanol–water partition coefficient (Wildman–Crippen LogP) is 2.54. The maximum atomic E-state index is 4.13. The molecule has 0 saturated heterocycles. The van der Waals surface area contributed by atoms with Crippen LogP contribution in [0.4, 0.5) is 0 Å². The molecule has 1 heterocycles. The van der Waals surface area contributed by atoms with Gasteiger partial charge < -0.3 is 9.88 Å². The van der Waals surface area contributed by atoms with Gasteiger partial charge in [-0.25, -0.2) is 0 Å². The van der Waals surface area contributed by atoms with Crippen LogP contribution in [0.5, 0.6) is 0 Å². The zero-order valence-electron chi connectivity index (χ0n) is 11.5. The van der Waals surface area contributed by atoms with E-state index in [2.05, 4.69) is 46.7 Å². The summed E-state index contributed by atoms with van der Waals surface area (Å²) in [4.78, 5) is 0. The quantitative estimate of drug-likeness (QED) is 0.894. The van der Waals surface area contributed by atoms with Gasteiger partial charge in [0.05, 0.1) is 6.04 Å². The molecule has 0 bridgehead atoms. The highest BCUT2D eigenvalue weighted by atomic mass is 15.3. The van der Waals surface area contributed by atoms with Gasteiger partial charge in [-0.2, -0.15) is 0 Å². The molecule has 1 fully saturated rings. The molecular formula is C15H20N4. The smallest absolute Gasteiger partial charge is 0.149 e. The van der Waals surface area contributed by atoms with Crippen molar-refractivity contribution in [3.8, 4) is 0 Å². The summed E-state index contributed by atoms with van der Waals surface area (Å²) in [5, 5.41) is 11.6. The van der Waals surface area contributed by atoms with Crippen molar-refractivity contribution in [1.82, 2.24) is 20.1 Å². The van der Waals surface area contributed by atoms with E-state index in [1.54, 1.807) is 6.33 Å². The number of nitrogens with zero attached hydrogens (tertiary/aromatic N) is 3. The second-order valence-corrected chi connectivity index (χ2v) is 5.42. The van der Waals surface area contributed by atoms with Crippen molar-refractivity contribution in [2.24, 2.45) is 7.05 Å². The number of hydrogen-bond donors (Lipinski definition) is 1. The molecule has 100 valence electrons. The van der Waals surface area contributed by atoms with Crippen LogP contribution in [0.15, 0.2) is 30.6 Å². The highest BCUT2D eigenvalue weighted by Gasteiger charge is 2.23. The Morgan fingerprint density at radius 2 is 2.26 bits per heavy atom.